The van der Waals surface area contributed by atoms with Crippen LogP contribution in [0.25, 0.3) is 0 Å². The van der Waals surface area contributed by atoms with Crippen LogP contribution in [-0.2, 0) is 0 Å². The molecule has 0 radical (unpaired) electrons. The molecule has 0 bridgehead atoms. The van der Waals surface area contributed by atoms with Gasteiger partial charge in [-0.1, -0.05) is 167 Å². The van der Waals surface area contributed by atoms with Crippen LogP contribution in [0.4, 0.5) is 0 Å². The third-order valence-corrected chi connectivity index (χ3v) is 10.9. The molecule has 0 atom stereocenters. The number of rotatable bonds is 3. The SMILES string of the molecule is C1CCCC(C2CCCC(C3CCCC(C4CCCCCCC4)CCC3)CCC2)CCC1. The molecule has 0 heterocycles. The Morgan fingerprint density at radius 3 is 0.531 bits per heavy atom. The lowest BCUT2D eigenvalue weighted by molar-refractivity contribution is 0.154. The van der Waals surface area contributed by atoms with Crippen LogP contribution in [0.3, 0.4) is 0 Å². The van der Waals surface area contributed by atoms with Gasteiger partial charge in [0.2, 0.25) is 0 Å². The maximum Gasteiger partial charge on any atom is -0.0386 e. The van der Waals surface area contributed by atoms with Crippen LogP contribution in [0, 0.1) is 35.5 Å². The Hall–Kier alpha value is 0. The van der Waals surface area contributed by atoms with Crippen molar-refractivity contribution in [3.8, 4) is 0 Å². The van der Waals surface area contributed by atoms with E-state index in [4.69, 9.17) is 0 Å². The number of hydrogen-bond acceptors (Lipinski definition) is 0. The molecular formula is C32H58. The summed E-state index contributed by atoms with van der Waals surface area (Å²) in [5.41, 5.74) is 0. The molecule has 0 heteroatoms. The van der Waals surface area contributed by atoms with Crippen LogP contribution in [-0.4, -0.2) is 0 Å². The van der Waals surface area contributed by atoms with Gasteiger partial charge in [0.25, 0.3) is 0 Å². The molecule has 32 heavy (non-hydrogen) atoms. The normalized spacial score (nSPS) is 36.4. The van der Waals surface area contributed by atoms with Crippen molar-refractivity contribution in [3.05, 3.63) is 0 Å². The summed E-state index contributed by atoms with van der Waals surface area (Å²) in [6, 6.07) is 0. The van der Waals surface area contributed by atoms with Crippen LogP contribution in [0.5, 0.6) is 0 Å². The Morgan fingerprint density at radius 2 is 0.312 bits per heavy atom. The second-order valence-corrected chi connectivity index (χ2v) is 13.0. The fourth-order valence-corrected chi connectivity index (χ4v) is 8.95. The van der Waals surface area contributed by atoms with Crippen molar-refractivity contribution in [1.82, 2.24) is 0 Å². The molecule has 0 aliphatic heterocycles. The number of hydrogen-bond donors (Lipinski definition) is 0. The Bertz CT molecular complexity index is 400. The van der Waals surface area contributed by atoms with Crippen molar-refractivity contribution in [1.29, 1.82) is 0 Å². The van der Waals surface area contributed by atoms with E-state index in [1.165, 1.54) is 64.2 Å². The Morgan fingerprint density at radius 1 is 0.156 bits per heavy atom. The molecule has 4 saturated carbocycles. The Labute approximate surface area is 202 Å². The first kappa shape index (κ1) is 25.1. The van der Waals surface area contributed by atoms with E-state index >= 15 is 0 Å². The zero-order chi connectivity index (χ0) is 21.8. The third-order valence-electron chi connectivity index (χ3n) is 10.9. The zero-order valence-electron chi connectivity index (χ0n) is 21.8. The highest BCUT2D eigenvalue weighted by molar-refractivity contribution is 4.81. The molecule has 0 N–H and O–H groups in total. The summed E-state index contributed by atoms with van der Waals surface area (Å²) in [6.45, 7) is 0. The fourth-order valence-electron chi connectivity index (χ4n) is 8.95. The average molecular weight is 443 g/mol. The third kappa shape index (κ3) is 8.05. The maximum absolute atomic E-state index is 1.58. The Kier molecular flexibility index (Phi) is 11.3. The predicted molar refractivity (Wildman–Crippen MR) is 141 cm³/mol. The summed E-state index contributed by atoms with van der Waals surface area (Å²) in [5, 5.41) is 0. The lowest BCUT2D eigenvalue weighted by Gasteiger charge is -2.36. The first-order chi connectivity index (χ1) is 15.9. The first-order valence-electron chi connectivity index (χ1n) is 15.9. The van der Waals surface area contributed by atoms with E-state index in [1.807, 2.05) is 0 Å². The van der Waals surface area contributed by atoms with E-state index in [9.17, 15) is 0 Å². The van der Waals surface area contributed by atoms with Crippen LogP contribution in [0.15, 0.2) is 0 Å². The topological polar surface area (TPSA) is 0 Å². The van der Waals surface area contributed by atoms with Crippen LogP contribution in [0.1, 0.15) is 167 Å². The van der Waals surface area contributed by atoms with Crippen LogP contribution < -0.4 is 0 Å². The van der Waals surface area contributed by atoms with Crippen molar-refractivity contribution in [2.75, 3.05) is 0 Å². The second-order valence-electron chi connectivity index (χ2n) is 13.0. The summed E-state index contributed by atoms with van der Waals surface area (Å²) in [7, 11) is 0. The molecule has 0 aromatic carbocycles. The van der Waals surface area contributed by atoms with Crippen LogP contribution in [0.2, 0.25) is 0 Å². The standard InChI is InChI=1S/C32H58/c1-3-7-15-27(16-8-4-1)29-19-11-23-31(24-12-20-29)32-25-13-21-30(22-14-26-32)28-17-9-5-2-6-10-18-28/h27-32H,1-26H2. The van der Waals surface area contributed by atoms with E-state index in [0.29, 0.717) is 0 Å². The zero-order valence-corrected chi connectivity index (χ0v) is 21.8. The largest absolute Gasteiger partial charge is 0.0533 e. The second kappa shape index (κ2) is 14.4. The van der Waals surface area contributed by atoms with Gasteiger partial charge in [0.1, 0.15) is 0 Å². The molecule has 4 aliphatic carbocycles. The minimum absolute atomic E-state index is 1.09. The molecule has 4 rings (SSSR count). The van der Waals surface area contributed by atoms with E-state index < -0.39 is 0 Å². The van der Waals surface area contributed by atoms with Gasteiger partial charge in [0, 0.05) is 0 Å². The highest BCUT2D eigenvalue weighted by Gasteiger charge is 2.30. The van der Waals surface area contributed by atoms with E-state index in [0.717, 1.165) is 35.5 Å². The Balaban J connectivity index is 1.19. The van der Waals surface area contributed by atoms with Gasteiger partial charge in [0.15, 0.2) is 0 Å². The van der Waals surface area contributed by atoms with Crippen molar-refractivity contribution < 1.29 is 0 Å². The monoisotopic (exact) mass is 442 g/mol. The van der Waals surface area contributed by atoms with Crippen LogP contribution >= 0.6 is 0 Å². The molecule has 4 fully saturated rings. The quantitative estimate of drug-likeness (QED) is 0.407. The minimum Gasteiger partial charge on any atom is -0.0533 e. The molecule has 0 amide bonds. The van der Waals surface area contributed by atoms with Gasteiger partial charge in [-0.25, -0.2) is 0 Å². The summed E-state index contributed by atoms with van der Waals surface area (Å²) < 4.78 is 0. The van der Waals surface area contributed by atoms with Gasteiger partial charge in [-0.05, 0) is 35.5 Å². The summed E-state index contributed by atoms with van der Waals surface area (Å²) in [4.78, 5) is 0. The van der Waals surface area contributed by atoms with Gasteiger partial charge in [-0.2, -0.15) is 0 Å². The molecule has 0 unspecified atom stereocenters. The van der Waals surface area contributed by atoms with Gasteiger partial charge in [-0.15, -0.1) is 0 Å². The van der Waals surface area contributed by atoms with Crippen molar-refractivity contribution in [2.24, 2.45) is 35.5 Å². The van der Waals surface area contributed by atoms with Gasteiger partial charge < -0.3 is 0 Å². The molecule has 0 aromatic rings. The van der Waals surface area contributed by atoms with Crippen molar-refractivity contribution >= 4 is 0 Å². The summed E-state index contributed by atoms with van der Waals surface area (Å²) in [6.07, 6.45) is 40.4. The average Bonchev–Trinajstić information content (AvgIpc) is 2.69. The molecular weight excluding hydrogens is 384 g/mol. The van der Waals surface area contributed by atoms with E-state index in [-0.39, 0.29) is 0 Å². The molecule has 0 aromatic heterocycles. The maximum atomic E-state index is 1.58. The molecule has 0 spiro atoms. The van der Waals surface area contributed by atoms with E-state index in [2.05, 4.69) is 0 Å². The van der Waals surface area contributed by atoms with Gasteiger partial charge in [0.05, 0.1) is 0 Å². The molecule has 0 nitrogen and oxygen atoms in total. The van der Waals surface area contributed by atoms with Gasteiger partial charge >= 0.3 is 0 Å². The summed E-state index contributed by atoms with van der Waals surface area (Å²) in [5.74, 6) is 6.56. The lowest BCUT2D eigenvalue weighted by atomic mass is 9.69. The van der Waals surface area contributed by atoms with Gasteiger partial charge in [-0.3, -0.25) is 0 Å². The van der Waals surface area contributed by atoms with Crippen molar-refractivity contribution in [2.45, 2.75) is 167 Å². The van der Waals surface area contributed by atoms with E-state index in [1.54, 1.807) is 103 Å². The highest BCUT2D eigenvalue weighted by Crippen LogP contribution is 2.42. The molecule has 0 saturated heterocycles. The highest BCUT2D eigenvalue weighted by atomic mass is 14.4. The fraction of sp³-hybridized carbons (Fsp3) is 1.00. The smallest absolute Gasteiger partial charge is 0.0386 e. The van der Waals surface area contributed by atoms with Crippen molar-refractivity contribution in [3.63, 3.8) is 0 Å². The molecule has 4 aliphatic rings. The predicted octanol–water partition coefficient (Wildman–Crippen LogP) is 10.9. The summed E-state index contributed by atoms with van der Waals surface area (Å²) >= 11 is 0. The molecule has 186 valence electrons. The minimum atomic E-state index is 1.09. The lowest BCUT2D eigenvalue weighted by Crippen LogP contribution is -2.24. The first-order valence-corrected chi connectivity index (χ1v) is 15.9.